The zero-order chi connectivity index (χ0) is 11.3. The average molecular weight is 210 g/mol. The van der Waals surface area contributed by atoms with Crippen LogP contribution >= 0.6 is 0 Å². The van der Waals surface area contributed by atoms with E-state index in [1.54, 1.807) is 12.1 Å². The summed E-state index contributed by atoms with van der Waals surface area (Å²) in [7, 11) is 0. The third kappa shape index (κ3) is 3.88. The molecule has 84 valence electrons. The van der Waals surface area contributed by atoms with Gasteiger partial charge in [0.05, 0.1) is 5.69 Å². The maximum Gasteiger partial charge on any atom is 0.146 e. The van der Waals surface area contributed by atoms with E-state index in [-0.39, 0.29) is 11.9 Å². The molecule has 0 aliphatic rings. The number of anilines is 1. The van der Waals surface area contributed by atoms with Crippen LogP contribution < -0.4 is 11.1 Å². The predicted molar refractivity (Wildman–Crippen MR) is 62.3 cm³/mol. The van der Waals surface area contributed by atoms with Crippen LogP contribution in [0.4, 0.5) is 10.1 Å². The van der Waals surface area contributed by atoms with Crippen molar-refractivity contribution in [2.75, 3.05) is 11.9 Å². The summed E-state index contributed by atoms with van der Waals surface area (Å²) in [5, 5.41) is 3.13. The molecule has 3 N–H and O–H groups in total. The molecule has 0 radical (unpaired) electrons. The number of halogens is 1. The zero-order valence-corrected chi connectivity index (χ0v) is 9.33. The highest BCUT2D eigenvalue weighted by atomic mass is 19.1. The van der Waals surface area contributed by atoms with Crippen LogP contribution in [0.25, 0.3) is 0 Å². The number of nitrogens with one attached hydrogen (secondary N) is 1. The number of benzene rings is 1. The minimum Gasteiger partial charge on any atom is -0.379 e. The van der Waals surface area contributed by atoms with E-state index in [1.165, 1.54) is 6.07 Å². The van der Waals surface area contributed by atoms with Gasteiger partial charge in [0.1, 0.15) is 5.82 Å². The Hall–Kier alpha value is -1.09. The van der Waals surface area contributed by atoms with E-state index in [9.17, 15) is 4.39 Å². The van der Waals surface area contributed by atoms with Crippen molar-refractivity contribution in [3.8, 4) is 0 Å². The fraction of sp³-hybridized carbons (Fsp3) is 0.500. The van der Waals surface area contributed by atoms with Crippen LogP contribution in [-0.2, 0) is 0 Å². The monoisotopic (exact) mass is 210 g/mol. The smallest absolute Gasteiger partial charge is 0.146 e. The van der Waals surface area contributed by atoms with Crippen molar-refractivity contribution in [2.45, 2.75) is 26.3 Å². The van der Waals surface area contributed by atoms with E-state index in [0.717, 1.165) is 6.42 Å². The molecule has 0 amide bonds. The van der Waals surface area contributed by atoms with E-state index < -0.39 is 0 Å². The molecule has 1 aromatic rings. The highest BCUT2D eigenvalue weighted by molar-refractivity contribution is 5.45. The molecule has 0 aromatic heterocycles. The van der Waals surface area contributed by atoms with Crippen molar-refractivity contribution in [3.05, 3.63) is 30.1 Å². The van der Waals surface area contributed by atoms with Gasteiger partial charge in [0.25, 0.3) is 0 Å². The van der Waals surface area contributed by atoms with E-state index in [2.05, 4.69) is 19.2 Å². The summed E-state index contributed by atoms with van der Waals surface area (Å²) in [6.45, 7) is 4.78. The first-order valence-electron chi connectivity index (χ1n) is 5.34. The largest absolute Gasteiger partial charge is 0.379 e. The standard InChI is InChI=1S/C12H19FN2/c1-9(2)7-10(8-14)15-12-6-4-3-5-11(12)13/h3-6,9-10,15H,7-8,14H2,1-2H3. The minimum atomic E-state index is -0.222. The molecule has 1 rings (SSSR count). The van der Waals surface area contributed by atoms with Gasteiger partial charge in [0, 0.05) is 12.6 Å². The topological polar surface area (TPSA) is 38.0 Å². The zero-order valence-electron chi connectivity index (χ0n) is 9.33. The summed E-state index contributed by atoms with van der Waals surface area (Å²) in [6, 6.07) is 6.82. The third-order valence-electron chi connectivity index (χ3n) is 2.27. The second-order valence-electron chi connectivity index (χ2n) is 4.19. The Morgan fingerprint density at radius 1 is 1.33 bits per heavy atom. The number of hydrogen-bond donors (Lipinski definition) is 2. The second kappa shape index (κ2) is 5.71. The summed E-state index contributed by atoms with van der Waals surface area (Å²) >= 11 is 0. The van der Waals surface area contributed by atoms with Crippen LogP contribution in [0.15, 0.2) is 24.3 Å². The van der Waals surface area contributed by atoms with E-state index >= 15 is 0 Å². The second-order valence-corrected chi connectivity index (χ2v) is 4.19. The molecule has 15 heavy (non-hydrogen) atoms. The Bertz CT molecular complexity index is 299. The predicted octanol–water partition coefficient (Wildman–Crippen LogP) is 2.61. The molecule has 0 aliphatic heterocycles. The highest BCUT2D eigenvalue weighted by Gasteiger charge is 2.10. The minimum absolute atomic E-state index is 0.141. The molecule has 0 fully saturated rings. The number of nitrogens with two attached hydrogens (primary N) is 1. The number of para-hydroxylation sites is 1. The van der Waals surface area contributed by atoms with Gasteiger partial charge in [-0.25, -0.2) is 4.39 Å². The van der Waals surface area contributed by atoms with Crippen molar-refractivity contribution < 1.29 is 4.39 Å². The Kier molecular flexibility index (Phi) is 4.56. The van der Waals surface area contributed by atoms with E-state index in [4.69, 9.17) is 5.73 Å². The highest BCUT2D eigenvalue weighted by Crippen LogP contribution is 2.16. The van der Waals surface area contributed by atoms with Crippen molar-refractivity contribution in [2.24, 2.45) is 11.7 Å². The Labute approximate surface area is 90.7 Å². The molecule has 1 atom stereocenters. The Morgan fingerprint density at radius 2 is 2.00 bits per heavy atom. The molecule has 0 saturated carbocycles. The quantitative estimate of drug-likeness (QED) is 0.784. The first kappa shape index (κ1) is 12.0. The molecule has 2 nitrogen and oxygen atoms in total. The lowest BCUT2D eigenvalue weighted by Crippen LogP contribution is -2.30. The third-order valence-corrected chi connectivity index (χ3v) is 2.27. The van der Waals surface area contributed by atoms with Crippen LogP contribution in [0.5, 0.6) is 0 Å². The fourth-order valence-electron chi connectivity index (χ4n) is 1.58. The number of hydrogen-bond acceptors (Lipinski definition) is 2. The average Bonchev–Trinajstić information content (AvgIpc) is 2.19. The van der Waals surface area contributed by atoms with Crippen LogP contribution in [-0.4, -0.2) is 12.6 Å². The molecule has 0 saturated heterocycles. The van der Waals surface area contributed by atoms with Gasteiger partial charge in [0.15, 0.2) is 0 Å². The van der Waals surface area contributed by atoms with Gasteiger partial charge in [-0.15, -0.1) is 0 Å². The van der Waals surface area contributed by atoms with Gasteiger partial charge < -0.3 is 11.1 Å². The van der Waals surface area contributed by atoms with Crippen molar-refractivity contribution in [1.29, 1.82) is 0 Å². The molecule has 0 heterocycles. The summed E-state index contributed by atoms with van der Waals surface area (Å²) in [5.41, 5.74) is 6.17. The van der Waals surface area contributed by atoms with Crippen molar-refractivity contribution in [1.82, 2.24) is 0 Å². The molecule has 1 unspecified atom stereocenters. The van der Waals surface area contributed by atoms with Gasteiger partial charge in [-0.3, -0.25) is 0 Å². The van der Waals surface area contributed by atoms with Crippen molar-refractivity contribution in [3.63, 3.8) is 0 Å². The molecule has 1 aromatic carbocycles. The van der Waals surface area contributed by atoms with Crippen LogP contribution in [0.1, 0.15) is 20.3 Å². The van der Waals surface area contributed by atoms with Crippen LogP contribution in [0.2, 0.25) is 0 Å². The lowest BCUT2D eigenvalue weighted by Gasteiger charge is -2.20. The number of rotatable bonds is 5. The summed E-state index contributed by atoms with van der Waals surface area (Å²) < 4.78 is 13.3. The molecular formula is C12H19FN2. The van der Waals surface area contributed by atoms with E-state index in [0.29, 0.717) is 18.2 Å². The fourth-order valence-corrected chi connectivity index (χ4v) is 1.58. The molecular weight excluding hydrogens is 191 g/mol. The van der Waals surface area contributed by atoms with Gasteiger partial charge in [-0.2, -0.15) is 0 Å². The first-order chi connectivity index (χ1) is 7.13. The van der Waals surface area contributed by atoms with Gasteiger partial charge in [-0.1, -0.05) is 26.0 Å². The Balaban J connectivity index is 2.62. The van der Waals surface area contributed by atoms with Crippen LogP contribution in [0.3, 0.4) is 0 Å². The molecule has 0 aliphatic carbocycles. The molecule has 0 bridgehead atoms. The summed E-state index contributed by atoms with van der Waals surface area (Å²) in [5.74, 6) is 0.331. The maximum atomic E-state index is 13.3. The molecule has 3 heteroatoms. The van der Waals surface area contributed by atoms with Gasteiger partial charge in [0.2, 0.25) is 0 Å². The van der Waals surface area contributed by atoms with E-state index in [1.807, 2.05) is 6.07 Å². The first-order valence-corrected chi connectivity index (χ1v) is 5.34. The Morgan fingerprint density at radius 3 is 2.53 bits per heavy atom. The lowest BCUT2D eigenvalue weighted by molar-refractivity contribution is 0.518. The van der Waals surface area contributed by atoms with Gasteiger partial charge >= 0.3 is 0 Å². The van der Waals surface area contributed by atoms with Crippen LogP contribution in [0, 0.1) is 11.7 Å². The SMILES string of the molecule is CC(C)CC(CN)Nc1ccccc1F. The van der Waals surface area contributed by atoms with Gasteiger partial charge in [-0.05, 0) is 24.5 Å². The summed E-state index contributed by atoms with van der Waals surface area (Å²) in [4.78, 5) is 0. The normalized spacial score (nSPS) is 12.9. The lowest BCUT2D eigenvalue weighted by atomic mass is 10.0. The maximum absolute atomic E-state index is 13.3. The summed E-state index contributed by atoms with van der Waals surface area (Å²) in [6.07, 6.45) is 0.949. The van der Waals surface area contributed by atoms with Crippen molar-refractivity contribution >= 4 is 5.69 Å². The molecule has 0 spiro atoms.